The predicted molar refractivity (Wildman–Crippen MR) is 121 cm³/mol. The average Bonchev–Trinajstić information content (AvgIpc) is 3.33. The van der Waals surface area contributed by atoms with Crippen molar-refractivity contribution in [2.75, 3.05) is 32.1 Å². The fourth-order valence-corrected chi connectivity index (χ4v) is 3.86. The van der Waals surface area contributed by atoms with Crippen molar-refractivity contribution in [3.8, 4) is 11.4 Å². The number of rotatable bonds is 7. The molecule has 0 radical (unpaired) electrons. The van der Waals surface area contributed by atoms with Gasteiger partial charge in [0.1, 0.15) is 11.9 Å². The zero-order valence-electron chi connectivity index (χ0n) is 18.0. The van der Waals surface area contributed by atoms with Gasteiger partial charge in [0.2, 0.25) is 5.91 Å². The summed E-state index contributed by atoms with van der Waals surface area (Å²) < 4.78 is 0. The lowest BCUT2D eigenvalue weighted by Gasteiger charge is -2.27. The van der Waals surface area contributed by atoms with Crippen LogP contribution in [0.25, 0.3) is 11.4 Å². The number of hydrogen-bond acceptors (Lipinski definition) is 6. The minimum atomic E-state index is -0.281. The van der Waals surface area contributed by atoms with Crippen LogP contribution in [0.15, 0.2) is 60.9 Å². The smallest absolute Gasteiger partial charge is 0.242 e. The summed E-state index contributed by atoms with van der Waals surface area (Å²) in [6.45, 7) is 2.22. The van der Waals surface area contributed by atoms with Crippen LogP contribution in [-0.2, 0) is 11.3 Å². The van der Waals surface area contributed by atoms with Gasteiger partial charge >= 0.3 is 0 Å². The molecule has 0 aliphatic carbocycles. The number of aromatic nitrogens is 3. The number of anilines is 1. The van der Waals surface area contributed by atoms with Gasteiger partial charge in [-0.25, -0.2) is 9.97 Å². The molecular weight excluding hydrogens is 388 g/mol. The Morgan fingerprint density at radius 1 is 1.10 bits per heavy atom. The number of hydrogen-bond donors (Lipinski definition) is 1. The molecule has 7 nitrogen and oxygen atoms in total. The number of carbonyl (C=O) groups is 1. The Morgan fingerprint density at radius 2 is 1.87 bits per heavy atom. The van der Waals surface area contributed by atoms with Crippen LogP contribution in [0, 0.1) is 0 Å². The molecule has 1 aliphatic heterocycles. The van der Waals surface area contributed by atoms with Crippen LogP contribution < -0.4 is 10.2 Å². The number of pyridine rings is 1. The van der Waals surface area contributed by atoms with Gasteiger partial charge in [0.15, 0.2) is 5.82 Å². The van der Waals surface area contributed by atoms with Gasteiger partial charge in [-0.2, -0.15) is 0 Å². The third-order valence-electron chi connectivity index (χ3n) is 5.46. The molecule has 1 fully saturated rings. The summed E-state index contributed by atoms with van der Waals surface area (Å²) >= 11 is 0. The van der Waals surface area contributed by atoms with Crippen LogP contribution in [0.5, 0.6) is 0 Å². The minimum absolute atomic E-state index is 0.000966. The molecule has 1 unspecified atom stereocenters. The molecule has 31 heavy (non-hydrogen) atoms. The maximum absolute atomic E-state index is 13.3. The summed E-state index contributed by atoms with van der Waals surface area (Å²) in [5, 5.41) is 3.11. The Bertz CT molecular complexity index is 1000. The second-order valence-corrected chi connectivity index (χ2v) is 7.95. The SMILES string of the molecule is CN(C)c1cc(CNC(=O)C(c2ccccc2)N2CCCC2)nc(-c2cccnc2)n1. The van der Waals surface area contributed by atoms with Crippen molar-refractivity contribution < 1.29 is 4.79 Å². The van der Waals surface area contributed by atoms with E-state index in [4.69, 9.17) is 0 Å². The maximum Gasteiger partial charge on any atom is 0.242 e. The van der Waals surface area contributed by atoms with Crippen LogP contribution in [0.1, 0.15) is 30.1 Å². The first-order chi connectivity index (χ1) is 15.1. The normalized spacial score (nSPS) is 14.9. The average molecular weight is 417 g/mol. The van der Waals surface area contributed by atoms with E-state index >= 15 is 0 Å². The fraction of sp³-hybridized carbons (Fsp3) is 0.333. The fourth-order valence-electron chi connectivity index (χ4n) is 3.86. The standard InChI is InChI=1S/C24H28N6O/c1-29(2)21-15-20(27-23(28-21)19-11-8-12-25-16-19)17-26-24(31)22(30-13-6-7-14-30)18-9-4-3-5-10-18/h3-5,8-12,15-16,22H,6-7,13-14,17H2,1-2H3,(H,26,31). The minimum Gasteiger partial charge on any atom is -0.363 e. The zero-order chi connectivity index (χ0) is 21.6. The predicted octanol–water partition coefficient (Wildman–Crippen LogP) is 3.06. The van der Waals surface area contributed by atoms with Gasteiger partial charge in [-0.15, -0.1) is 0 Å². The van der Waals surface area contributed by atoms with E-state index in [2.05, 4.69) is 25.2 Å². The number of likely N-dealkylation sites (tertiary alicyclic amines) is 1. The van der Waals surface area contributed by atoms with Crippen molar-refractivity contribution in [2.24, 2.45) is 0 Å². The van der Waals surface area contributed by atoms with Crippen LogP contribution in [-0.4, -0.2) is 52.9 Å². The van der Waals surface area contributed by atoms with Crippen molar-refractivity contribution in [3.63, 3.8) is 0 Å². The first-order valence-corrected chi connectivity index (χ1v) is 10.6. The molecule has 1 amide bonds. The van der Waals surface area contributed by atoms with E-state index in [0.717, 1.165) is 48.6 Å². The van der Waals surface area contributed by atoms with Gasteiger partial charge in [-0.1, -0.05) is 30.3 Å². The summed E-state index contributed by atoms with van der Waals surface area (Å²) in [6, 6.07) is 15.4. The second-order valence-electron chi connectivity index (χ2n) is 7.95. The quantitative estimate of drug-likeness (QED) is 0.638. The van der Waals surface area contributed by atoms with E-state index in [0.29, 0.717) is 12.4 Å². The highest BCUT2D eigenvalue weighted by Crippen LogP contribution is 2.25. The molecule has 1 aromatic carbocycles. The van der Waals surface area contributed by atoms with Gasteiger partial charge < -0.3 is 10.2 Å². The third kappa shape index (κ3) is 5.06. The largest absolute Gasteiger partial charge is 0.363 e. The maximum atomic E-state index is 13.3. The lowest BCUT2D eigenvalue weighted by Crippen LogP contribution is -2.39. The first kappa shape index (κ1) is 20.9. The van der Waals surface area contributed by atoms with Crippen LogP contribution in [0.4, 0.5) is 5.82 Å². The summed E-state index contributed by atoms with van der Waals surface area (Å²) in [4.78, 5) is 30.9. The van der Waals surface area contributed by atoms with Gasteiger partial charge in [-0.05, 0) is 43.6 Å². The van der Waals surface area contributed by atoms with Crippen LogP contribution in [0.3, 0.4) is 0 Å². The molecule has 1 aliphatic rings. The van der Waals surface area contributed by atoms with Crippen molar-refractivity contribution >= 4 is 11.7 Å². The molecule has 2 aromatic heterocycles. The Morgan fingerprint density at radius 3 is 2.55 bits per heavy atom. The van der Waals surface area contributed by atoms with E-state index in [9.17, 15) is 4.79 Å². The van der Waals surface area contributed by atoms with E-state index in [-0.39, 0.29) is 11.9 Å². The molecule has 0 saturated carbocycles. The summed E-state index contributed by atoms with van der Waals surface area (Å²) in [5.41, 5.74) is 2.63. The molecule has 3 aromatic rings. The first-order valence-electron chi connectivity index (χ1n) is 10.6. The second kappa shape index (κ2) is 9.66. The Labute approximate surface area is 183 Å². The summed E-state index contributed by atoms with van der Waals surface area (Å²) in [6.07, 6.45) is 5.73. The topological polar surface area (TPSA) is 74.2 Å². The number of nitrogens with one attached hydrogen (secondary N) is 1. The highest BCUT2D eigenvalue weighted by Gasteiger charge is 2.29. The van der Waals surface area contributed by atoms with Crippen LogP contribution in [0.2, 0.25) is 0 Å². The lowest BCUT2D eigenvalue weighted by atomic mass is 10.0. The number of carbonyl (C=O) groups excluding carboxylic acids is 1. The van der Waals surface area contributed by atoms with Crippen molar-refractivity contribution in [1.29, 1.82) is 0 Å². The Hall–Kier alpha value is -3.32. The van der Waals surface area contributed by atoms with Crippen molar-refractivity contribution in [3.05, 3.63) is 72.2 Å². The molecule has 1 saturated heterocycles. The Kier molecular flexibility index (Phi) is 6.52. The highest BCUT2D eigenvalue weighted by atomic mass is 16.2. The molecule has 0 bridgehead atoms. The van der Waals surface area contributed by atoms with E-state index in [1.54, 1.807) is 12.4 Å². The molecule has 3 heterocycles. The summed E-state index contributed by atoms with van der Waals surface area (Å²) in [5.74, 6) is 1.39. The zero-order valence-corrected chi connectivity index (χ0v) is 18.0. The Balaban J connectivity index is 1.55. The van der Waals surface area contributed by atoms with Crippen LogP contribution >= 0.6 is 0 Å². The molecule has 0 spiro atoms. The summed E-state index contributed by atoms with van der Waals surface area (Å²) in [7, 11) is 3.88. The molecule has 4 rings (SSSR count). The number of benzene rings is 1. The van der Waals surface area contributed by atoms with Gasteiger partial charge in [0.25, 0.3) is 0 Å². The van der Waals surface area contributed by atoms with E-state index < -0.39 is 0 Å². The third-order valence-corrected chi connectivity index (χ3v) is 5.46. The van der Waals surface area contributed by atoms with Gasteiger partial charge in [-0.3, -0.25) is 14.7 Å². The lowest BCUT2D eigenvalue weighted by molar-refractivity contribution is -0.126. The molecule has 1 N–H and O–H groups in total. The van der Waals surface area contributed by atoms with E-state index in [1.165, 1.54) is 0 Å². The van der Waals surface area contributed by atoms with Crippen molar-refractivity contribution in [2.45, 2.75) is 25.4 Å². The number of nitrogens with zero attached hydrogens (tertiary/aromatic N) is 5. The number of amides is 1. The van der Waals surface area contributed by atoms with Gasteiger partial charge in [0, 0.05) is 38.1 Å². The molecule has 160 valence electrons. The molecular formula is C24H28N6O. The van der Waals surface area contributed by atoms with Crippen molar-refractivity contribution in [1.82, 2.24) is 25.2 Å². The highest BCUT2D eigenvalue weighted by molar-refractivity contribution is 5.83. The van der Waals surface area contributed by atoms with E-state index in [1.807, 2.05) is 67.5 Å². The monoisotopic (exact) mass is 416 g/mol. The molecule has 7 heteroatoms. The molecule has 1 atom stereocenters. The van der Waals surface area contributed by atoms with Gasteiger partial charge in [0.05, 0.1) is 12.2 Å².